The van der Waals surface area contributed by atoms with Crippen molar-refractivity contribution in [3.63, 3.8) is 0 Å². The first-order chi connectivity index (χ1) is 7.60. The van der Waals surface area contributed by atoms with Crippen molar-refractivity contribution >= 4 is 11.7 Å². The zero-order chi connectivity index (χ0) is 12.1. The molecule has 0 aliphatic heterocycles. The van der Waals surface area contributed by atoms with Crippen molar-refractivity contribution in [1.82, 2.24) is 0 Å². The number of hydrogen-bond acceptors (Lipinski definition) is 5. The minimum Gasteiger partial charge on any atom is -0.447 e. The van der Waals surface area contributed by atoms with Crippen LogP contribution in [-0.4, -0.2) is 12.6 Å². The second kappa shape index (κ2) is 5.03. The highest BCUT2D eigenvalue weighted by Crippen LogP contribution is 2.26. The molecular weight excluding hydrogens is 206 g/mol. The summed E-state index contributed by atoms with van der Waals surface area (Å²) in [4.78, 5) is 11.6. The van der Waals surface area contributed by atoms with Crippen molar-refractivity contribution in [2.24, 2.45) is 5.11 Å². The summed E-state index contributed by atoms with van der Waals surface area (Å²) in [7, 11) is 0. The predicted molar refractivity (Wildman–Crippen MR) is 56.6 cm³/mol. The second-order valence-electron chi connectivity index (χ2n) is 3.32. The minimum absolute atomic E-state index is 0.225. The molecule has 0 aromatic heterocycles. The molecule has 0 heterocycles. The number of rotatable bonds is 3. The summed E-state index contributed by atoms with van der Waals surface area (Å²) < 4.78 is 4.69. The minimum atomic E-state index is -0.626. The summed E-state index contributed by atoms with van der Waals surface area (Å²) >= 11 is 0. The summed E-state index contributed by atoms with van der Waals surface area (Å²) in [5.41, 5.74) is 9.15. The number of nitrogens with zero attached hydrogens (tertiary/aromatic N) is 2. The number of carbonyl (C=O) groups is 1. The molecule has 0 aliphatic carbocycles. The molecule has 0 amide bonds. The fourth-order valence-electron chi connectivity index (χ4n) is 1.44. The molecule has 0 bridgehead atoms. The van der Waals surface area contributed by atoms with Gasteiger partial charge in [-0.05, 0) is 31.0 Å². The van der Waals surface area contributed by atoms with E-state index in [1.807, 2.05) is 13.0 Å². The molecule has 0 aliphatic rings. The second-order valence-corrected chi connectivity index (χ2v) is 3.32. The van der Waals surface area contributed by atoms with Gasteiger partial charge in [0.1, 0.15) is 11.8 Å². The van der Waals surface area contributed by atoms with E-state index >= 15 is 0 Å². The average Bonchev–Trinajstić information content (AvgIpc) is 2.24. The van der Waals surface area contributed by atoms with Crippen LogP contribution in [0.25, 0.3) is 0 Å². The number of esters is 1. The summed E-state index contributed by atoms with van der Waals surface area (Å²) in [6, 6.07) is 5.14. The van der Waals surface area contributed by atoms with Crippen LogP contribution in [0.5, 0.6) is 0 Å². The Morgan fingerprint density at radius 1 is 1.56 bits per heavy atom. The molecule has 1 aromatic rings. The number of benzene rings is 1. The lowest BCUT2D eigenvalue weighted by Gasteiger charge is -2.07. The Morgan fingerprint density at radius 2 is 2.25 bits per heavy atom. The molecule has 0 saturated carbocycles. The first-order valence-corrected chi connectivity index (χ1v) is 4.63. The molecule has 16 heavy (non-hydrogen) atoms. The van der Waals surface area contributed by atoms with E-state index in [9.17, 15) is 4.79 Å². The molecule has 0 fully saturated rings. The Morgan fingerprint density at radius 3 is 2.81 bits per heavy atom. The number of hydrogen-bond donors (Lipinski definition) is 1. The highest BCUT2D eigenvalue weighted by Gasteiger charge is 2.15. The van der Waals surface area contributed by atoms with Gasteiger partial charge in [-0.15, -0.1) is 0 Å². The van der Waals surface area contributed by atoms with E-state index in [2.05, 4.69) is 9.85 Å². The third-order valence-electron chi connectivity index (χ3n) is 2.04. The van der Waals surface area contributed by atoms with Crippen molar-refractivity contribution < 1.29 is 9.53 Å². The van der Waals surface area contributed by atoms with Gasteiger partial charge in [0, 0.05) is 0 Å². The summed E-state index contributed by atoms with van der Waals surface area (Å²) in [6.07, 6.45) is 0. The summed E-state index contributed by atoms with van der Waals surface area (Å²) in [6.45, 7) is 3.30. The zero-order valence-corrected chi connectivity index (χ0v) is 9.07. The van der Waals surface area contributed by atoms with Crippen molar-refractivity contribution in [2.45, 2.75) is 13.8 Å². The van der Waals surface area contributed by atoms with Gasteiger partial charge >= 0.3 is 5.97 Å². The predicted octanol–water partition coefficient (Wildman–Crippen LogP) is 2.65. The monoisotopic (exact) mass is 217 g/mol. The molecule has 5 nitrogen and oxygen atoms in total. The smallest absolute Gasteiger partial charge is 0.341 e. The molecule has 1 aromatic carbocycles. The van der Waals surface area contributed by atoms with Crippen LogP contribution in [0.1, 0.15) is 21.5 Å². The molecule has 0 unspecified atom stereocenters. The van der Waals surface area contributed by atoms with Crippen molar-refractivity contribution in [1.29, 1.82) is 10.8 Å². The van der Waals surface area contributed by atoms with Gasteiger partial charge in [-0.25, -0.2) is 10.3 Å². The normalized spacial score (nSPS) is 9.31. The van der Waals surface area contributed by atoms with Gasteiger partial charge < -0.3 is 4.74 Å². The maximum atomic E-state index is 11.6. The molecule has 0 spiro atoms. The molecule has 82 valence electrons. The lowest BCUT2D eigenvalue weighted by molar-refractivity contribution is 0.0555. The van der Waals surface area contributed by atoms with E-state index in [0.29, 0.717) is 0 Å². The zero-order valence-electron chi connectivity index (χ0n) is 9.07. The van der Waals surface area contributed by atoms with E-state index in [0.717, 1.165) is 11.1 Å². The third-order valence-corrected chi connectivity index (χ3v) is 2.04. The molecular formula is C11H11N3O2. The SMILES string of the molecule is Cc1cc(C)c(N=N)c(C(=O)OCC#N)c1. The Kier molecular flexibility index (Phi) is 3.72. The molecule has 1 N–H and O–H groups in total. The topological polar surface area (TPSA) is 86.3 Å². The van der Waals surface area contributed by atoms with Crippen LogP contribution in [0.3, 0.4) is 0 Å². The van der Waals surface area contributed by atoms with Gasteiger partial charge in [0.05, 0.1) is 5.56 Å². The van der Waals surface area contributed by atoms with Crippen LogP contribution in [0, 0.1) is 30.7 Å². The van der Waals surface area contributed by atoms with E-state index in [1.165, 1.54) is 0 Å². The van der Waals surface area contributed by atoms with E-state index in [1.54, 1.807) is 19.1 Å². The fraction of sp³-hybridized carbons (Fsp3) is 0.273. The van der Waals surface area contributed by atoms with Crippen molar-refractivity contribution in [3.8, 4) is 6.07 Å². The highest BCUT2D eigenvalue weighted by atomic mass is 16.5. The molecule has 0 atom stereocenters. The third kappa shape index (κ3) is 2.42. The van der Waals surface area contributed by atoms with Crippen LogP contribution < -0.4 is 0 Å². The average molecular weight is 217 g/mol. The van der Waals surface area contributed by atoms with Gasteiger partial charge in [-0.2, -0.15) is 10.4 Å². The van der Waals surface area contributed by atoms with Crippen LogP contribution in [-0.2, 0) is 4.74 Å². The van der Waals surface area contributed by atoms with Crippen LogP contribution in [0.4, 0.5) is 5.69 Å². The highest BCUT2D eigenvalue weighted by molar-refractivity contribution is 5.95. The van der Waals surface area contributed by atoms with Crippen LogP contribution in [0.2, 0.25) is 0 Å². The lowest BCUT2D eigenvalue weighted by Crippen LogP contribution is -2.06. The van der Waals surface area contributed by atoms with Crippen molar-refractivity contribution in [2.75, 3.05) is 6.61 Å². The molecule has 1 rings (SSSR count). The van der Waals surface area contributed by atoms with Crippen molar-refractivity contribution in [3.05, 3.63) is 28.8 Å². The van der Waals surface area contributed by atoms with Gasteiger partial charge in [-0.3, -0.25) is 0 Å². The van der Waals surface area contributed by atoms with E-state index in [4.69, 9.17) is 10.8 Å². The Labute approximate surface area is 93.2 Å². The lowest BCUT2D eigenvalue weighted by atomic mass is 10.0. The van der Waals surface area contributed by atoms with Gasteiger partial charge in [-0.1, -0.05) is 6.07 Å². The standard InChI is InChI=1S/C11H11N3O2/c1-7-5-8(2)10(14-13)9(6-7)11(15)16-4-3-12/h5-6,13H,4H2,1-2H3. The number of nitrogens with one attached hydrogen (secondary N) is 1. The number of carbonyl (C=O) groups excluding carboxylic acids is 1. The number of aryl methyl sites for hydroxylation is 2. The van der Waals surface area contributed by atoms with Gasteiger partial charge in [0.15, 0.2) is 6.61 Å². The largest absolute Gasteiger partial charge is 0.447 e. The van der Waals surface area contributed by atoms with E-state index in [-0.39, 0.29) is 17.9 Å². The Balaban J connectivity index is 3.16. The first-order valence-electron chi connectivity index (χ1n) is 4.63. The number of ether oxygens (including phenoxy) is 1. The quantitative estimate of drug-likeness (QED) is 0.623. The maximum absolute atomic E-state index is 11.6. The first kappa shape index (κ1) is 11.9. The van der Waals surface area contributed by atoms with Crippen LogP contribution >= 0.6 is 0 Å². The van der Waals surface area contributed by atoms with Gasteiger partial charge in [0.25, 0.3) is 0 Å². The molecule has 0 radical (unpaired) electrons. The Bertz CT molecular complexity index is 475. The van der Waals surface area contributed by atoms with Crippen LogP contribution in [0.15, 0.2) is 17.2 Å². The fourth-order valence-corrected chi connectivity index (χ4v) is 1.44. The van der Waals surface area contributed by atoms with E-state index < -0.39 is 5.97 Å². The summed E-state index contributed by atoms with van der Waals surface area (Å²) in [5.74, 6) is -0.626. The molecule has 0 saturated heterocycles. The number of nitriles is 1. The molecule has 5 heteroatoms. The van der Waals surface area contributed by atoms with Gasteiger partial charge in [0.2, 0.25) is 0 Å². The summed E-state index contributed by atoms with van der Waals surface area (Å²) in [5, 5.41) is 11.6. The maximum Gasteiger partial charge on any atom is 0.341 e. The Hall–Kier alpha value is -2.22.